The first-order valence-corrected chi connectivity index (χ1v) is 6.42. The van der Waals surface area contributed by atoms with Crippen molar-refractivity contribution in [2.45, 2.75) is 26.2 Å². The smallest absolute Gasteiger partial charge is 0.0711 e. The zero-order valence-electron chi connectivity index (χ0n) is 10.8. The molecule has 0 aliphatic carbocycles. The summed E-state index contributed by atoms with van der Waals surface area (Å²) < 4.78 is 0. The van der Waals surface area contributed by atoms with Gasteiger partial charge in [0.25, 0.3) is 0 Å². The number of aliphatic hydroxyl groups excluding tert-OH is 1. The van der Waals surface area contributed by atoms with Crippen LogP contribution in [0, 0.1) is 5.92 Å². The van der Waals surface area contributed by atoms with Crippen LogP contribution >= 0.6 is 0 Å². The molecule has 1 unspecified atom stereocenters. The number of aryl methyl sites for hydroxylation is 1. The number of hydrogen-bond donors (Lipinski definition) is 2. The van der Waals surface area contributed by atoms with Crippen LogP contribution in [0.25, 0.3) is 0 Å². The summed E-state index contributed by atoms with van der Waals surface area (Å²) in [7, 11) is 0. The Hall–Kier alpha value is -1.61. The molecular formula is C15H20N2O. The van der Waals surface area contributed by atoms with Gasteiger partial charge < -0.3 is 5.11 Å². The van der Waals surface area contributed by atoms with Crippen molar-refractivity contribution in [2.24, 2.45) is 11.0 Å². The van der Waals surface area contributed by atoms with Crippen LogP contribution in [0.1, 0.15) is 30.9 Å². The minimum absolute atomic E-state index is 0.248. The molecule has 1 aromatic carbocycles. The topological polar surface area (TPSA) is 44.6 Å². The molecule has 1 aliphatic heterocycles. The lowest BCUT2D eigenvalue weighted by molar-refractivity contribution is 0.288. The molecule has 96 valence electrons. The number of aliphatic hydroxyl groups is 1. The molecule has 2 rings (SSSR count). The molecule has 0 fully saturated rings. The van der Waals surface area contributed by atoms with Crippen LogP contribution in [-0.2, 0) is 6.42 Å². The van der Waals surface area contributed by atoms with E-state index in [4.69, 9.17) is 5.11 Å². The van der Waals surface area contributed by atoms with E-state index in [2.05, 4.69) is 48.3 Å². The Morgan fingerprint density at radius 1 is 1.39 bits per heavy atom. The summed E-state index contributed by atoms with van der Waals surface area (Å²) >= 11 is 0. The quantitative estimate of drug-likeness (QED) is 0.854. The molecule has 0 bridgehead atoms. The SMILES string of the molecule is C=C1CC(C)C(c2ccc(CCCO)cc2)=NN1. The molecule has 18 heavy (non-hydrogen) atoms. The first-order valence-electron chi connectivity index (χ1n) is 6.42. The van der Waals surface area contributed by atoms with Crippen molar-refractivity contribution in [1.29, 1.82) is 0 Å². The molecule has 0 saturated heterocycles. The minimum Gasteiger partial charge on any atom is -0.396 e. The summed E-state index contributed by atoms with van der Waals surface area (Å²) in [6.45, 7) is 6.32. The number of nitrogens with zero attached hydrogens (tertiary/aromatic N) is 1. The van der Waals surface area contributed by atoms with E-state index in [1.54, 1.807) is 0 Å². The summed E-state index contributed by atoms with van der Waals surface area (Å²) in [6, 6.07) is 8.45. The maximum absolute atomic E-state index is 8.81. The molecule has 0 radical (unpaired) electrons. The van der Waals surface area contributed by atoms with Crippen molar-refractivity contribution < 1.29 is 5.11 Å². The van der Waals surface area contributed by atoms with Gasteiger partial charge in [0.15, 0.2) is 0 Å². The number of benzene rings is 1. The summed E-state index contributed by atoms with van der Waals surface area (Å²) in [5.41, 5.74) is 7.46. The van der Waals surface area contributed by atoms with Gasteiger partial charge in [-0.25, -0.2) is 0 Å². The third kappa shape index (κ3) is 2.99. The van der Waals surface area contributed by atoms with Gasteiger partial charge in [-0.1, -0.05) is 37.8 Å². The minimum atomic E-state index is 0.248. The standard InChI is InChI=1S/C15H20N2O/c1-11-10-12(2)16-17-15(11)14-7-5-13(6-8-14)4-3-9-18/h5-8,11,16,18H,2-4,9-10H2,1H3. The highest BCUT2D eigenvalue weighted by Gasteiger charge is 2.18. The van der Waals surface area contributed by atoms with Crippen LogP contribution in [-0.4, -0.2) is 17.4 Å². The second kappa shape index (κ2) is 5.83. The van der Waals surface area contributed by atoms with Gasteiger partial charge in [-0.05, 0) is 30.4 Å². The van der Waals surface area contributed by atoms with Crippen molar-refractivity contribution >= 4 is 5.71 Å². The van der Waals surface area contributed by atoms with E-state index in [0.29, 0.717) is 5.92 Å². The molecule has 1 atom stereocenters. The number of hydrogen-bond acceptors (Lipinski definition) is 3. The van der Waals surface area contributed by atoms with Crippen molar-refractivity contribution in [1.82, 2.24) is 5.43 Å². The lowest BCUT2D eigenvalue weighted by Gasteiger charge is -2.22. The molecule has 0 spiro atoms. The second-order valence-electron chi connectivity index (χ2n) is 4.84. The highest BCUT2D eigenvalue weighted by atomic mass is 16.2. The molecule has 0 saturated carbocycles. The fraction of sp³-hybridized carbons (Fsp3) is 0.400. The average molecular weight is 244 g/mol. The van der Waals surface area contributed by atoms with E-state index in [0.717, 1.165) is 36.2 Å². The number of nitrogens with one attached hydrogen (secondary N) is 1. The van der Waals surface area contributed by atoms with E-state index in [-0.39, 0.29) is 6.61 Å². The average Bonchev–Trinajstić information content (AvgIpc) is 2.37. The van der Waals surface area contributed by atoms with Gasteiger partial charge in [0, 0.05) is 18.2 Å². The van der Waals surface area contributed by atoms with E-state index in [9.17, 15) is 0 Å². The van der Waals surface area contributed by atoms with E-state index in [1.165, 1.54) is 5.56 Å². The fourth-order valence-corrected chi connectivity index (χ4v) is 2.24. The number of hydrazone groups is 1. The Morgan fingerprint density at radius 2 is 2.11 bits per heavy atom. The van der Waals surface area contributed by atoms with Crippen molar-refractivity contribution in [3.05, 3.63) is 47.7 Å². The van der Waals surface area contributed by atoms with Crippen LogP contribution in [0.15, 0.2) is 41.6 Å². The lowest BCUT2D eigenvalue weighted by Crippen LogP contribution is -2.25. The molecular weight excluding hydrogens is 224 g/mol. The molecule has 0 aromatic heterocycles. The fourth-order valence-electron chi connectivity index (χ4n) is 2.24. The van der Waals surface area contributed by atoms with Crippen molar-refractivity contribution in [3.63, 3.8) is 0 Å². The summed E-state index contributed by atoms with van der Waals surface area (Å²) in [5.74, 6) is 0.405. The zero-order valence-corrected chi connectivity index (χ0v) is 10.8. The molecule has 2 N–H and O–H groups in total. The molecule has 3 heteroatoms. The van der Waals surface area contributed by atoms with Gasteiger partial charge in [-0.3, -0.25) is 5.43 Å². The van der Waals surface area contributed by atoms with Crippen LogP contribution < -0.4 is 5.43 Å². The summed E-state index contributed by atoms with van der Waals surface area (Å²) in [4.78, 5) is 0. The van der Waals surface area contributed by atoms with E-state index < -0.39 is 0 Å². The maximum Gasteiger partial charge on any atom is 0.0711 e. The first kappa shape index (κ1) is 12.8. The number of rotatable bonds is 4. The molecule has 1 aliphatic rings. The Bertz CT molecular complexity index is 448. The van der Waals surface area contributed by atoms with Crippen LogP contribution in [0.5, 0.6) is 0 Å². The predicted molar refractivity (Wildman–Crippen MR) is 74.4 cm³/mol. The third-order valence-electron chi connectivity index (χ3n) is 3.23. The van der Waals surface area contributed by atoms with Gasteiger partial charge in [0.1, 0.15) is 0 Å². The predicted octanol–water partition coefficient (Wildman–Crippen LogP) is 2.46. The van der Waals surface area contributed by atoms with Gasteiger partial charge in [-0.15, -0.1) is 0 Å². The Labute approximate surface area is 108 Å². The normalized spacial score (nSPS) is 19.3. The largest absolute Gasteiger partial charge is 0.396 e. The van der Waals surface area contributed by atoms with E-state index >= 15 is 0 Å². The summed E-state index contributed by atoms with van der Waals surface area (Å²) in [6.07, 6.45) is 2.68. The lowest BCUT2D eigenvalue weighted by atomic mass is 9.92. The first-order chi connectivity index (χ1) is 8.70. The van der Waals surface area contributed by atoms with Crippen molar-refractivity contribution in [2.75, 3.05) is 6.61 Å². The maximum atomic E-state index is 8.81. The van der Waals surface area contributed by atoms with Crippen LogP contribution in [0.3, 0.4) is 0 Å². The monoisotopic (exact) mass is 244 g/mol. The number of allylic oxidation sites excluding steroid dienone is 1. The van der Waals surface area contributed by atoms with Crippen molar-refractivity contribution in [3.8, 4) is 0 Å². The molecule has 0 amide bonds. The molecule has 1 heterocycles. The summed E-state index contributed by atoms with van der Waals surface area (Å²) in [5, 5.41) is 13.2. The highest BCUT2D eigenvalue weighted by molar-refractivity contribution is 6.02. The second-order valence-corrected chi connectivity index (χ2v) is 4.84. The zero-order chi connectivity index (χ0) is 13.0. The van der Waals surface area contributed by atoms with Gasteiger partial charge in [0.2, 0.25) is 0 Å². The molecule has 1 aromatic rings. The van der Waals surface area contributed by atoms with Gasteiger partial charge >= 0.3 is 0 Å². The Morgan fingerprint density at radius 3 is 2.72 bits per heavy atom. The van der Waals surface area contributed by atoms with E-state index in [1.807, 2.05) is 0 Å². The van der Waals surface area contributed by atoms with Crippen LogP contribution in [0.4, 0.5) is 0 Å². The molecule has 3 nitrogen and oxygen atoms in total. The van der Waals surface area contributed by atoms with Gasteiger partial charge in [-0.2, -0.15) is 5.10 Å². The Balaban J connectivity index is 2.12. The third-order valence-corrected chi connectivity index (χ3v) is 3.23. The van der Waals surface area contributed by atoms with Gasteiger partial charge in [0.05, 0.1) is 5.71 Å². The highest BCUT2D eigenvalue weighted by Crippen LogP contribution is 2.20. The van der Waals surface area contributed by atoms with Crippen LogP contribution in [0.2, 0.25) is 0 Å². The Kier molecular flexibility index (Phi) is 4.15.